The summed E-state index contributed by atoms with van der Waals surface area (Å²) in [4.78, 5) is 0. The molecular weight excluding hydrogens is 290 g/mol. The van der Waals surface area contributed by atoms with Crippen molar-refractivity contribution in [3.05, 3.63) is 54.1 Å². The topological polar surface area (TPSA) is 39.7 Å². The first-order valence-corrected chi connectivity index (χ1v) is 8.09. The van der Waals surface area contributed by atoms with Crippen molar-refractivity contribution in [3.8, 4) is 11.5 Å². The number of ether oxygens (including phenoxy) is 3. The minimum absolute atomic E-state index is 0.556. The van der Waals surface area contributed by atoms with E-state index < -0.39 is 0 Å². The quantitative estimate of drug-likeness (QED) is 0.670. The van der Waals surface area contributed by atoms with E-state index in [0.717, 1.165) is 22.7 Å². The van der Waals surface area contributed by atoms with Gasteiger partial charge in [0.15, 0.2) is 0 Å². The van der Waals surface area contributed by atoms with E-state index in [1.807, 2.05) is 56.3 Å². The van der Waals surface area contributed by atoms with Gasteiger partial charge in [0.1, 0.15) is 18.1 Å². The molecule has 0 aliphatic carbocycles. The minimum Gasteiger partial charge on any atom is -0.492 e. The third-order valence-corrected chi connectivity index (χ3v) is 3.32. The third kappa shape index (κ3) is 5.49. The van der Waals surface area contributed by atoms with E-state index in [1.54, 1.807) is 0 Å². The number of rotatable bonds is 10. The van der Waals surface area contributed by atoms with Gasteiger partial charge in [-0.3, -0.25) is 0 Å². The van der Waals surface area contributed by atoms with Crippen molar-refractivity contribution in [3.63, 3.8) is 0 Å². The molecule has 0 saturated heterocycles. The smallest absolute Gasteiger partial charge is 0.142 e. The molecule has 0 aromatic heterocycles. The molecule has 2 aromatic rings. The van der Waals surface area contributed by atoms with Crippen molar-refractivity contribution in [1.82, 2.24) is 0 Å². The predicted molar refractivity (Wildman–Crippen MR) is 93.4 cm³/mol. The summed E-state index contributed by atoms with van der Waals surface area (Å²) in [6.07, 6.45) is 0. The first-order chi connectivity index (χ1) is 11.3. The Labute approximate surface area is 138 Å². The van der Waals surface area contributed by atoms with Gasteiger partial charge in [-0.05, 0) is 32.0 Å². The molecule has 0 amide bonds. The van der Waals surface area contributed by atoms with E-state index in [-0.39, 0.29) is 0 Å². The average molecular weight is 315 g/mol. The first-order valence-electron chi connectivity index (χ1n) is 8.09. The molecule has 0 atom stereocenters. The molecule has 4 heteroatoms. The molecule has 0 bridgehead atoms. The molecule has 2 rings (SSSR count). The third-order valence-electron chi connectivity index (χ3n) is 3.32. The molecule has 0 spiro atoms. The van der Waals surface area contributed by atoms with E-state index >= 15 is 0 Å². The second-order valence-corrected chi connectivity index (χ2v) is 4.94. The van der Waals surface area contributed by atoms with Crippen molar-refractivity contribution in [1.29, 1.82) is 0 Å². The Hall–Kier alpha value is -2.20. The summed E-state index contributed by atoms with van der Waals surface area (Å²) in [7, 11) is 0. The molecule has 0 radical (unpaired) electrons. The Bertz CT molecular complexity index is 586. The van der Waals surface area contributed by atoms with Crippen LogP contribution in [0.15, 0.2) is 48.5 Å². The second-order valence-electron chi connectivity index (χ2n) is 4.94. The van der Waals surface area contributed by atoms with E-state index in [1.165, 1.54) is 0 Å². The largest absolute Gasteiger partial charge is 0.492 e. The van der Waals surface area contributed by atoms with Crippen molar-refractivity contribution in [2.45, 2.75) is 20.4 Å². The van der Waals surface area contributed by atoms with Crippen LogP contribution in [0.2, 0.25) is 0 Å². The zero-order valence-electron chi connectivity index (χ0n) is 13.9. The number of nitrogens with one attached hydrogen (secondary N) is 1. The SMILES string of the molecule is CCOCCOc1ccccc1CNc1ccccc1OCC. The molecule has 0 fully saturated rings. The molecule has 0 heterocycles. The molecule has 4 nitrogen and oxygen atoms in total. The zero-order chi connectivity index (χ0) is 16.3. The Morgan fingerprint density at radius 1 is 0.783 bits per heavy atom. The highest BCUT2D eigenvalue weighted by atomic mass is 16.5. The van der Waals surface area contributed by atoms with Crippen LogP contribution in [0, 0.1) is 0 Å². The van der Waals surface area contributed by atoms with Crippen LogP contribution < -0.4 is 14.8 Å². The Morgan fingerprint density at radius 2 is 1.52 bits per heavy atom. The van der Waals surface area contributed by atoms with Gasteiger partial charge in [0, 0.05) is 18.7 Å². The lowest BCUT2D eigenvalue weighted by Crippen LogP contribution is -2.09. The van der Waals surface area contributed by atoms with E-state index in [9.17, 15) is 0 Å². The van der Waals surface area contributed by atoms with E-state index in [0.29, 0.717) is 33.0 Å². The van der Waals surface area contributed by atoms with Gasteiger partial charge in [0.05, 0.1) is 18.9 Å². The average Bonchev–Trinajstić information content (AvgIpc) is 2.59. The van der Waals surface area contributed by atoms with Crippen LogP contribution in [0.1, 0.15) is 19.4 Å². The van der Waals surface area contributed by atoms with Crippen LogP contribution in [0.5, 0.6) is 11.5 Å². The lowest BCUT2D eigenvalue weighted by atomic mass is 10.2. The molecule has 0 aliphatic heterocycles. The van der Waals surface area contributed by atoms with Crippen LogP contribution in [-0.2, 0) is 11.3 Å². The highest BCUT2D eigenvalue weighted by Gasteiger charge is 2.06. The monoisotopic (exact) mass is 315 g/mol. The van der Waals surface area contributed by atoms with Crippen LogP contribution in [-0.4, -0.2) is 26.4 Å². The maximum atomic E-state index is 5.81. The van der Waals surface area contributed by atoms with Crippen LogP contribution >= 0.6 is 0 Å². The molecular formula is C19H25NO3. The van der Waals surface area contributed by atoms with Crippen molar-refractivity contribution in [2.24, 2.45) is 0 Å². The Balaban J connectivity index is 1.98. The lowest BCUT2D eigenvalue weighted by Gasteiger charge is -2.15. The van der Waals surface area contributed by atoms with Gasteiger partial charge < -0.3 is 19.5 Å². The Morgan fingerprint density at radius 3 is 2.30 bits per heavy atom. The fraction of sp³-hybridized carbons (Fsp3) is 0.368. The van der Waals surface area contributed by atoms with Crippen molar-refractivity contribution >= 4 is 5.69 Å². The molecule has 1 N–H and O–H groups in total. The van der Waals surface area contributed by atoms with Gasteiger partial charge in [0.2, 0.25) is 0 Å². The highest BCUT2D eigenvalue weighted by Crippen LogP contribution is 2.26. The molecule has 0 saturated carbocycles. The number of hydrogen-bond acceptors (Lipinski definition) is 4. The van der Waals surface area contributed by atoms with Crippen LogP contribution in [0.4, 0.5) is 5.69 Å². The summed E-state index contributed by atoms with van der Waals surface area (Å²) >= 11 is 0. The van der Waals surface area contributed by atoms with E-state index in [2.05, 4.69) is 11.4 Å². The summed E-state index contributed by atoms with van der Waals surface area (Å²) in [6.45, 7) is 7.16. The van der Waals surface area contributed by atoms with Crippen LogP contribution in [0.25, 0.3) is 0 Å². The van der Waals surface area contributed by atoms with Gasteiger partial charge >= 0.3 is 0 Å². The number of para-hydroxylation sites is 3. The van der Waals surface area contributed by atoms with Gasteiger partial charge in [-0.2, -0.15) is 0 Å². The molecule has 0 aliphatic rings. The second kappa shape index (κ2) is 9.74. The summed E-state index contributed by atoms with van der Waals surface area (Å²) in [5.74, 6) is 1.75. The molecule has 23 heavy (non-hydrogen) atoms. The van der Waals surface area contributed by atoms with E-state index in [4.69, 9.17) is 14.2 Å². The highest BCUT2D eigenvalue weighted by molar-refractivity contribution is 5.56. The van der Waals surface area contributed by atoms with Gasteiger partial charge in [-0.25, -0.2) is 0 Å². The fourth-order valence-corrected chi connectivity index (χ4v) is 2.23. The first kappa shape index (κ1) is 17.2. The maximum absolute atomic E-state index is 5.81. The number of benzene rings is 2. The standard InChI is InChI=1S/C19H25NO3/c1-3-21-13-14-23-18-11-7-5-9-16(18)15-20-17-10-6-8-12-19(17)22-4-2/h5-12,20H,3-4,13-15H2,1-2H3. The summed E-state index contributed by atoms with van der Waals surface area (Å²) in [5, 5.41) is 3.42. The fourth-order valence-electron chi connectivity index (χ4n) is 2.23. The predicted octanol–water partition coefficient (Wildman–Crippen LogP) is 4.11. The summed E-state index contributed by atoms with van der Waals surface area (Å²) < 4.78 is 16.8. The summed E-state index contributed by atoms with van der Waals surface area (Å²) in [5.41, 5.74) is 2.09. The van der Waals surface area contributed by atoms with Crippen molar-refractivity contribution in [2.75, 3.05) is 31.7 Å². The van der Waals surface area contributed by atoms with Gasteiger partial charge in [-0.1, -0.05) is 30.3 Å². The van der Waals surface area contributed by atoms with Crippen molar-refractivity contribution < 1.29 is 14.2 Å². The lowest BCUT2D eigenvalue weighted by molar-refractivity contribution is 0.110. The Kier molecular flexibility index (Phi) is 7.27. The maximum Gasteiger partial charge on any atom is 0.142 e. The molecule has 0 unspecified atom stereocenters. The minimum atomic E-state index is 0.556. The zero-order valence-corrected chi connectivity index (χ0v) is 13.9. The van der Waals surface area contributed by atoms with Crippen LogP contribution in [0.3, 0.4) is 0 Å². The van der Waals surface area contributed by atoms with Gasteiger partial charge in [-0.15, -0.1) is 0 Å². The number of hydrogen-bond donors (Lipinski definition) is 1. The summed E-state index contributed by atoms with van der Waals surface area (Å²) in [6, 6.07) is 16.0. The molecule has 124 valence electrons. The van der Waals surface area contributed by atoms with Gasteiger partial charge in [0.25, 0.3) is 0 Å². The normalized spacial score (nSPS) is 10.3. The number of anilines is 1. The molecule has 2 aromatic carbocycles.